The molecule has 0 radical (unpaired) electrons. The first-order valence-corrected chi connectivity index (χ1v) is 13.1. The summed E-state index contributed by atoms with van der Waals surface area (Å²) in [5.74, 6) is 0.941. The van der Waals surface area contributed by atoms with Crippen molar-refractivity contribution in [2.75, 3.05) is 26.9 Å². The van der Waals surface area contributed by atoms with E-state index in [0.717, 1.165) is 67.7 Å². The van der Waals surface area contributed by atoms with Crippen molar-refractivity contribution in [1.29, 1.82) is 0 Å². The number of aromatic nitrogens is 2. The molecular formula is C27H37N3O5. The molecule has 3 heterocycles. The Labute approximate surface area is 206 Å². The van der Waals surface area contributed by atoms with E-state index in [0.29, 0.717) is 31.8 Å². The third kappa shape index (κ3) is 4.77. The number of aliphatic carboxylic acids is 1. The van der Waals surface area contributed by atoms with Gasteiger partial charge in [0.15, 0.2) is 0 Å². The van der Waals surface area contributed by atoms with Crippen LogP contribution in [0.2, 0.25) is 0 Å². The number of carbonyl (C=O) groups is 2. The molecule has 2 fully saturated rings. The van der Waals surface area contributed by atoms with E-state index in [9.17, 15) is 14.7 Å². The van der Waals surface area contributed by atoms with Crippen LogP contribution in [-0.2, 0) is 27.2 Å². The van der Waals surface area contributed by atoms with E-state index in [4.69, 9.17) is 14.5 Å². The number of ether oxygens (including phenoxy) is 2. The second-order valence-electron chi connectivity index (χ2n) is 10.6. The van der Waals surface area contributed by atoms with Crippen LogP contribution in [0.5, 0.6) is 0 Å². The molecular weight excluding hydrogens is 446 g/mol. The molecule has 1 saturated carbocycles. The van der Waals surface area contributed by atoms with Gasteiger partial charge in [0.1, 0.15) is 5.82 Å². The van der Waals surface area contributed by atoms with Gasteiger partial charge in [0.05, 0.1) is 30.6 Å². The number of carboxylic acids is 1. The van der Waals surface area contributed by atoms with Gasteiger partial charge in [-0.15, -0.1) is 0 Å². The van der Waals surface area contributed by atoms with Gasteiger partial charge in [0, 0.05) is 37.3 Å². The van der Waals surface area contributed by atoms with E-state index in [1.165, 1.54) is 19.1 Å². The average Bonchev–Trinajstić information content (AvgIpc) is 3.29. The third-order valence-electron chi connectivity index (χ3n) is 8.34. The van der Waals surface area contributed by atoms with Crippen molar-refractivity contribution in [3.05, 3.63) is 29.1 Å². The van der Waals surface area contributed by atoms with Crippen molar-refractivity contribution < 1.29 is 24.2 Å². The van der Waals surface area contributed by atoms with E-state index < -0.39 is 5.97 Å². The standard InChI is InChI=1S/C27H37N3O5/c1-17(14-18-4-3-13-35-16-18)30-23-10-9-19-11-12-29(27(33)34-2)15-22(19)24(23)28-25(30)20-5-7-21(8-6-20)26(31)32/h9-10,17-18,20-21H,3-8,11-16H2,1-2H3,(H,31,32)/t17-,18+,20?,21?/m1/s1. The highest BCUT2D eigenvalue weighted by Crippen LogP contribution is 2.40. The number of carboxylic acid groups (broad SMARTS) is 1. The lowest BCUT2D eigenvalue weighted by Crippen LogP contribution is -2.35. The number of rotatable bonds is 5. The number of imidazole rings is 1. The van der Waals surface area contributed by atoms with Crippen molar-refractivity contribution >= 4 is 23.1 Å². The highest BCUT2D eigenvalue weighted by atomic mass is 16.5. The molecule has 8 heteroatoms. The first kappa shape index (κ1) is 24.1. The highest BCUT2D eigenvalue weighted by Gasteiger charge is 2.33. The Bertz CT molecular complexity index is 1080. The number of methoxy groups -OCH3 is 1. The molecule has 190 valence electrons. The molecule has 5 rings (SSSR count). The smallest absolute Gasteiger partial charge is 0.409 e. The summed E-state index contributed by atoms with van der Waals surface area (Å²) in [6.45, 7) is 5.12. The summed E-state index contributed by atoms with van der Waals surface area (Å²) >= 11 is 0. The van der Waals surface area contributed by atoms with E-state index >= 15 is 0 Å². The van der Waals surface area contributed by atoms with Gasteiger partial charge in [-0.3, -0.25) is 4.79 Å². The van der Waals surface area contributed by atoms with Crippen molar-refractivity contribution in [3.8, 4) is 0 Å². The minimum absolute atomic E-state index is 0.248. The summed E-state index contributed by atoms with van der Waals surface area (Å²) in [6, 6.07) is 4.67. The van der Waals surface area contributed by atoms with Gasteiger partial charge in [-0.05, 0) is 75.8 Å². The van der Waals surface area contributed by atoms with Crippen molar-refractivity contribution in [1.82, 2.24) is 14.5 Å². The second kappa shape index (κ2) is 10.2. The molecule has 1 aromatic heterocycles. The van der Waals surface area contributed by atoms with Gasteiger partial charge in [-0.25, -0.2) is 9.78 Å². The molecule has 0 spiro atoms. The number of fused-ring (bicyclic) bond motifs is 3. The average molecular weight is 484 g/mol. The van der Waals surface area contributed by atoms with Crippen LogP contribution in [0.4, 0.5) is 4.79 Å². The normalized spacial score (nSPS) is 25.8. The maximum absolute atomic E-state index is 12.3. The van der Waals surface area contributed by atoms with Gasteiger partial charge < -0.3 is 24.0 Å². The third-order valence-corrected chi connectivity index (χ3v) is 8.34. The monoisotopic (exact) mass is 483 g/mol. The second-order valence-corrected chi connectivity index (χ2v) is 10.6. The van der Waals surface area contributed by atoms with Gasteiger partial charge in [0.25, 0.3) is 0 Å². The van der Waals surface area contributed by atoms with Gasteiger partial charge >= 0.3 is 12.1 Å². The minimum atomic E-state index is -0.681. The maximum atomic E-state index is 12.3. The van der Waals surface area contributed by atoms with Crippen LogP contribution >= 0.6 is 0 Å². The Morgan fingerprint density at radius 3 is 2.71 bits per heavy atom. The Kier molecular flexibility index (Phi) is 7.00. The quantitative estimate of drug-likeness (QED) is 0.650. The largest absolute Gasteiger partial charge is 0.481 e. The van der Waals surface area contributed by atoms with Crippen LogP contribution in [0.3, 0.4) is 0 Å². The van der Waals surface area contributed by atoms with Crippen LogP contribution < -0.4 is 0 Å². The molecule has 0 unspecified atom stereocenters. The topological polar surface area (TPSA) is 93.9 Å². The Hall–Kier alpha value is -2.61. The highest BCUT2D eigenvalue weighted by molar-refractivity contribution is 5.82. The minimum Gasteiger partial charge on any atom is -0.481 e. The molecule has 3 aliphatic rings. The number of carbonyl (C=O) groups excluding carboxylic acids is 1. The van der Waals surface area contributed by atoms with Gasteiger partial charge in [-0.2, -0.15) is 0 Å². The Morgan fingerprint density at radius 1 is 1.23 bits per heavy atom. The van der Waals surface area contributed by atoms with E-state index in [-0.39, 0.29) is 24.0 Å². The molecule has 2 aliphatic heterocycles. The Balaban J connectivity index is 1.52. The fraction of sp³-hybridized carbons (Fsp3) is 0.667. The summed E-state index contributed by atoms with van der Waals surface area (Å²) in [5, 5.41) is 9.48. The van der Waals surface area contributed by atoms with Crippen molar-refractivity contribution in [3.63, 3.8) is 0 Å². The van der Waals surface area contributed by atoms with E-state index in [1.54, 1.807) is 4.90 Å². The predicted octanol–water partition coefficient (Wildman–Crippen LogP) is 4.90. The lowest BCUT2D eigenvalue weighted by atomic mass is 9.81. The van der Waals surface area contributed by atoms with Gasteiger partial charge in [0.2, 0.25) is 0 Å². The lowest BCUT2D eigenvalue weighted by molar-refractivity contribution is -0.142. The summed E-state index contributed by atoms with van der Waals surface area (Å²) in [6.07, 6.45) is 6.92. The summed E-state index contributed by atoms with van der Waals surface area (Å²) < 4.78 is 13.2. The zero-order chi connectivity index (χ0) is 24.5. The fourth-order valence-electron chi connectivity index (χ4n) is 6.43. The molecule has 2 aromatic rings. The van der Waals surface area contributed by atoms with E-state index in [1.807, 2.05) is 0 Å². The zero-order valence-electron chi connectivity index (χ0n) is 20.9. The molecule has 1 aliphatic carbocycles. The number of amides is 1. The Morgan fingerprint density at radius 2 is 2.03 bits per heavy atom. The van der Waals surface area contributed by atoms with Crippen LogP contribution in [0.1, 0.15) is 80.8 Å². The number of benzene rings is 1. The zero-order valence-corrected chi connectivity index (χ0v) is 20.9. The first-order valence-electron chi connectivity index (χ1n) is 13.1. The number of hydrogen-bond donors (Lipinski definition) is 1. The molecule has 1 saturated heterocycles. The molecule has 1 N–H and O–H groups in total. The molecule has 0 bridgehead atoms. The SMILES string of the molecule is COC(=O)N1CCc2ccc3c(nc(C4CCC(C(=O)O)CC4)n3[C@H](C)C[C@@H]3CCCOC3)c2C1. The van der Waals surface area contributed by atoms with Gasteiger partial charge in [-0.1, -0.05) is 6.07 Å². The van der Waals surface area contributed by atoms with E-state index in [2.05, 4.69) is 23.6 Å². The summed E-state index contributed by atoms with van der Waals surface area (Å²) in [5.41, 5.74) is 4.47. The molecule has 8 nitrogen and oxygen atoms in total. The molecule has 2 atom stereocenters. The van der Waals surface area contributed by atoms with Crippen molar-refractivity contribution in [2.45, 2.75) is 76.8 Å². The molecule has 35 heavy (non-hydrogen) atoms. The summed E-state index contributed by atoms with van der Waals surface area (Å²) in [4.78, 5) is 30.8. The fourth-order valence-corrected chi connectivity index (χ4v) is 6.43. The first-order chi connectivity index (χ1) is 17.0. The number of nitrogens with zero attached hydrogens (tertiary/aromatic N) is 3. The molecule has 1 aromatic carbocycles. The van der Waals surface area contributed by atoms with Crippen LogP contribution in [0, 0.1) is 11.8 Å². The van der Waals surface area contributed by atoms with Crippen molar-refractivity contribution in [2.24, 2.45) is 11.8 Å². The maximum Gasteiger partial charge on any atom is 0.409 e. The lowest BCUT2D eigenvalue weighted by Gasteiger charge is -2.30. The molecule has 1 amide bonds. The van der Waals surface area contributed by atoms with Crippen LogP contribution in [0.15, 0.2) is 12.1 Å². The number of hydrogen-bond acceptors (Lipinski definition) is 5. The summed E-state index contributed by atoms with van der Waals surface area (Å²) in [7, 11) is 1.43. The van der Waals surface area contributed by atoms with Crippen LogP contribution in [0.25, 0.3) is 11.0 Å². The van der Waals surface area contributed by atoms with Crippen LogP contribution in [-0.4, -0.2) is 58.5 Å². The predicted molar refractivity (Wildman–Crippen MR) is 131 cm³/mol.